The zero-order chi connectivity index (χ0) is 14.1. The van der Waals surface area contributed by atoms with Gasteiger partial charge in [-0.3, -0.25) is 4.57 Å². The summed E-state index contributed by atoms with van der Waals surface area (Å²) >= 11 is 5.51. The third-order valence-electron chi connectivity index (χ3n) is 5.00. The topological polar surface area (TPSA) is 36.9 Å². The second-order valence-corrected chi connectivity index (χ2v) is 7.06. The molecule has 1 aromatic rings. The summed E-state index contributed by atoms with van der Waals surface area (Å²) in [4.78, 5) is 2.47. The molecular weight excluding hydrogens is 268 g/mol. The first-order valence-corrected chi connectivity index (χ1v) is 8.51. The summed E-state index contributed by atoms with van der Waals surface area (Å²) in [7, 11) is 0. The first-order valence-electron chi connectivity index (χ1n) is 8.10. The van der Waals surface area contributed by atoms with Crippen molar-refractivity contribution in [3.8, 4) is 0 Å². The second-order valence-electron chi connectivity index (χ2n) is 6.67. The summed E-state index contributed by atoms with van der Waals surface area (Å²) in [6.45, 7) is 5.76. The zero-order valence-corrected chi connectivity index (χ0v) is 13.5. The van der Waals surface area contributed by atoms with Crippen molar-refractivity contribution in [2.75, 3.05) is 11.4 Å². The Hall–Kier alpha value is -0.840. The van der Waals surface area contributed by atoms with Crippen molar-refractivity contribution in [1.82, 2.24) is 14.8 Å². The van der Waals surface area contributed by atoms with Crippen LogP contribution in [-0.4, -0.2) is 27.4 Å². The van der Waals surface area contributed by atoms with E-state index in [2.05, 4.69) is 33.5 Å². The number of anilines is 1. The lowest BCUT2D eigenvalue weighted by Crippen LogP contribution is -2.43. The Morgan fingerprint density at radius 1 is 1.10 bits per heavy atom. The number of aromatic nitrogens is 3. The second kappa shape index (κ2) is 5.88. The van der Waals surface area contributed by atoms with E-state index in [0.29, 0.717) is 12.1 Å². The number of nitrogens with one attached hydrogen (secondary N) is 1. The first-order chi connectivity index (χ1) is 9.66. The Kier molecular flexibility index (Phi) is 4.15. The molecule has 2 heterocycles. The lowest BCUT2D eigenvalue weighted by molar-refractivity contribution is 0.336. The predicted octanol–water partition coefficient (Wildman–Crippen LogP) is 4.07. The molecule has 0 spiro atoms. The molecule has 2 unspecified atom stereocenters. The number of H-pyrrole nitrogens is 1. The Labute approximate surface area is 126 Å². The number of aromatic amines is 1. The van der Waals surface area contributed by atoms with Crippen LogP contribution >= 0.6 is 12.2 Å². The van der Waals surface area contributed by atoms with E-state index in [-0.39, 0.29) is 0 Å². The van der Waals surface area contributed by atoms with E-state index < -0.39 is 0 Å². The third kappa shape index (κ3) is 2.65. The van der Waals surface area contributed by atoms with Gasteiger partial charge in [0.1, 0.15) is 0 Å². The maximum atomic E-state index is 5.51. The van der Waals surface area contributed by atoms with Crippen LogP contribution in [0.5, 0.6) is 0 Å². The number of hydrogen-bond acceptors (Lipinski definition) is 3. The van der Waals surface area contributed by atoms with Gasteiger partial charge in [-0.2, -0.15) is 0 Å². The fourth-order valence-corrected chi connectivity index (χ4v) is 4.01. The van der Waals surface area contributed by atoms with E-state index in [9.17, 15) is 0 Å². The van der Waals surface area contributed by atoms with Gasteiger partial charge < -0.3 is 4.90 Å². The molecule has 0 bridgehead atoms. The maximum Gasteiger partial charge on any atom is 0.226 e. The van der Waals surface area contributed by atoms with E-state index in [4.69, 9.17) is 12.2 Å². The van der Waals surface area contributed by atoms with Crippen LogP contribution in [0.15, 0.2) is 0 Å². The highest BCUT2D eigenvalue weighted by atomic mass is 32.1. The van der Waals surface area contributed by atoms with E-state index in [1.54, 1.807) is 0 Å². The first kappa shape index (κ1) is 14.1. The standard InChI is InChI=1S/C15H26N4S/c1-11-8-9-12(2)18(10-11)14-16-17-15(20)19(14)13-6-4-3-5-7-13/h11-13H,3-10H2,1-2H3,(H,17,20). The van der Waals surface area contributed by atoms with Crippen LogP contribution < -0.4 is 4.90 Å². The van der Waals surface area contributed by atoms with Crippen LogP contribution in [0.25, 0.3) is 0 Å². The number of rotatable bonds is 2. The van der Waals surface area contributed by atoms with Gasteiger partial charge in [0.2, 0.25) is 5.95 Å². The average Bonchev–Trinajstić information content (AvgIpc) is 2.84. The van der Waals surface area contributed by atoms with Crippen LogP contribution in [0.2, 0.25) is 0 Å². The minimum Gasteiger partial charge on any atom is -0.338 e. The van der Waals surface area contributed by atoms with Crippen LogP contribution in [0, 0.1) is 10.7 Å². The number of hydrogen-bond donors (Lipinski definition) is 1. The molecule has 1 aromatic heterocycles. The van der Waals surface area contributed by atoms with Gasteiger partial charge in [0.15, 0.2) is 4.77 Å². The van der Waals surface area contributed by atoms with Gasteiger partial charge in [-0.1, -0.05) is 26.2 Å². The SMILES string of the molecule is CC1CCC(C)N(c2n[nH]c(=S)n2C2CCCCC2)C1. The third-order valence-corrected chi connectivity index (χ3v) is 5.29. The van der Waals surface area contributed by atoms with Crippen molar-refractivity contribution >= 4 is 18.2 Å². The van der Waals surface area contributed by atoms with Crippen molar-refractivity contribution in [3.05, 3.63) is 4.77 Å². The Morgan fingerprint density at radius 2 is 1.85 bits per heavy atom. The smallest absolute Gasteiger partial charge is 0.226 e. The monoisotopic (exact) mass is 294 g/mol. The molecule has 0 amide bonds. The van der Waals surface area contributed by atoms with Crippen molar-refractivity contribution in [2.24, 2.45) is 5.92 Å². The van der Waals surface area contributed by atoms with Gasteiger partial charge >= 0.3 is 0 Å². The lowest BCUT2D eigenvalue weighted by Gasteiger charge is -2.38. The van der Waals surface area contributed by atoms with Crippen LogP contribution in [0.1, 0.15) is 64.8 Å². The van der Waals surface area contributed by atoms with Gasteiger partial charge in [0.05, 0.1) is 0 Å². The van der Waals surface area contributed by atoms with Crippen molar-refractivity contribution in [3.63, 3.8) is 0 Å². The molecule has 3 rings (SSSR count). The zero-order valence-electron chi connectivity index (χ0n) is 12.6. The summed E-state index contributed by atoms with van der Waals surface area (Å²) < 4.78 is 3.11. The average molecular weight is 294 g/mol. The molecule has 112 valence electrons. The van der Waals surface area contributed by atoms with Gasteiger partial charge in [0, 0.05) is 18.6 Å². The van der Waals surface area contributed by atoms with E-state index in [0.717, 1.165) is 23.2 Å². The molecule has 5 heteroatoms. The normalized spacial score (nSPS) is 28.8. The molecule has 1 saturated heterocycles. The van der Waals surface area contributed by atoms with Crippen molar-refractivity contribution < 1.29 is 0 Å². The molecule has 0 aromatic carbocycles. The molecule has 2 atom stereocenters. The molecule has 20 heavy (non-hydrogen) atoms. The van der Waals surface area contributed by atoms with Crippen LogP contribution in [0.3, 0.4) is 0 Å². The summed E-state index contributed by atoms with van der Waals surface area (Å²) in [5.41, 5.74) is 0. The number of nitrogens with zero attached hydrogens (tertiary/aromatic N) is 3. The molecular formula is C15H26N4S. The highest BCUT2D eigenvalue weighted by molar-refractivity contribution is 7.71. The summed E-state index contributed by atoms with van der Waals surface area (Å²) in [6.07, 6.45) is 9.09. The molecule has 1 N–H and O–H groups in total. The Bertz CT molecular complexity index is 500. The highest BCUT2D eigenvalue weighted by Crippen LogP contribution is 2.33. The van der Waals surface area contributed by atoms with E-state index in [1.165, 1.54) is 44.9 Å². The summed E-state index contributed by atoms with van der Waals surface area (Å²) in [5, 5.41) is 7.61. The fourth-order valence-electron chi connectivity index (χ4n) is 3.73. The molecule has 2 aliphatic rings. The van der Waals surface area contributed by atoms with Crippen molar-refractivity contribution in [2.45, 2.75) is 70.9 Å². The fraction of sp³-hybridized carbons (Fsp3) is 0.867. The largest absolute Gasteiger partial charge is 0.338 e. The summed E-state index contributed by atoms with van der Waals surface area (Å²) in [5.74, 6) is 1.83. The van der Waals surface area contributed by atoms with E-state index >= 15 is 0 Å². The Morgan fingerprint density at radius 3 is 2.60 bits per heavy atom. The molecule has 1 aliphatic heterocycles. The van der Waals surface area contributed by atoms with Gasteiger partial charge in [-0.25, -0.2) is 5.10 Å². The number of piperidine rings is 1. The van der Waals surface area contributed by atoms with E-state index in [1.807, 2.05) is 0 Å². The molecule has 1 aliphatic carbocycles. The molecule has 0 radical (unpaired) electrons. The van der Waals surface area contributed by atoms with Gasteiger partial charge in [-0.15, -0.1) is 5.10 Å². The van der Waals surface area contributed by atoms with Crippen LogP contribution in [0.4, 0.5) is 5.95 Å². The van der Waals surface area contributed by atoms with Gasteiger partial charge in [0.25, 0.3) is 0 Å². The minimum absolute atomic E-state index is 0.550. The quantitative estimate of drug-likeness (QED) is 0.835. The lowest BCUT2D eigenvalue weighted by atomic mass is 9.94. The highest BCUT2D eigenvalue weighted by Gasteiger charge is 2.29. The maximum absolute atomic E-state index is 5.51. The molecule has 4 nitrogen and oxygen atoms in total. The Balaban J connectivity index is 1.91. The van der Waals surface area contributed by atoms with Crippen molar-refractivity contribution in [1.29, 1.82) is 0 Å². The summed E-state index contributed by atoms with van der Waals surface area (Å²) in [6, 6.07) is 1.12. The molecule has 1 saturated carbocycles. The van der Waals surface area contributed by atoms with Gasteiger partial charge in [-0.05, 0) is 50.7 Å². The molecule has 2 fully saturated rings. The predicted molar refractivity (Wildman–Crippen MR) is 84.7 cm³/mol. The minimum atomic E-state index is 0.550. The van der Waals surface area contributed by atoms with Crippen LogP contribution in [-0.2, 0) is 0 Å².